The second-order valence-electron chi connectivity index (χ2n) is 5.70. The van der Waals surface area contributed by atoms with Gasteiger partial charge in [0.15, 0.2) is 11.5 Å². The van der Waals surface area contributed by atoms with Gasteiger partial charge in [-0.3, -0.25) is 14.9 Å². The number of nitro groups is 1. The number of rotatable bonds is 11. The Morgan fingerprint density at radius 2 is 1.73 bits per heavy atom. The summed E-state index contributed by atoms with van der Waals surface area (Å²) in [5.74, 6) is -0.135. The maximum atomic E-state index is 12.5. The number of carbonyl (C=O) groups is 1. The SMILES string of the molecule is COc1ccc(OCCC(=O)OCc2cc(OC)c(OC(F)F)cc2[N+](=O)[O-])cc1. The Kier molecular flexibility index (Phi) is 8.15. The number of halogens is 2. The summed E-state index contributed by atoms with van der Waals surface area (Å²) in [7, 11) is 2.72. The number of nitrogens with zero attached hydrogens (tertiary/aromatic N) is 1. The van der Waals surface area contributed by atoms with Gasteiger partial charge in [-0.1, -0.05) is 0 Å². The fraction of sp³-hybridized carbons (Fsp3) is 0.316. The zero-order valence-electron chi connectivity index (χ0n) is 16.1. The Morgan fingerprint density at radius 1 is 1.07 bits per heavy atom. The minimum atomic E-state index is -3.19. The Bertz CT molecular complexity index is 874. The van der Waals surface area contributed by atoms with Crippen LogP contribution in [0.25, 0.3) is 0 Å². The van der Waals surface area contributed by atoms with Crippen LogP contribution >= 0.6 is 0 Å². The first-order chi connectivity index (χ1) is 14.3. The molecule has 11 heteroatoms. The molecule has 0 spiro atoms. The van der Waals surface area contributed by atoms with Crippen molar-refractivity contribution in [2.75, 3.05) is 20.8 Å². The number of ether oxygens (including phenoxy) is 5. The van der Waals surface area contributed by atoms with Gasteiger partial charge in [0.25, 0.3) is 5.69 Å². The number of methoxy groups -OCH3 is 2. The van der Waals surface area contributed by atoms with E-state index in [0.29, 0.717) is 11.5 Å². The minimum Gasteiger partial charge on any atom is -0.497 e. The van der Waals surface area contributed by atoms with Crippen LogP contribution in [0.15, 0.2) is 36.4 Å². The van der Waals surface area contributed by atoms with E-state index in [1.165, 1.54) is 14.2 Å². The molecule has 0 bridgehead atoms. The van der Waals surface area contributed by atoms with Crippen molar-refractivity contribution < 1.29 is 42.2 Å². The van der Waals surface area contributed by atoms with Gasteiger partial charge >= 0.3 is 12.6 Å². The predicted molar refractivity (Wildman–Crippen MR) is 99.2 cm³/mol. The summed E-state index contributed by atoms with van der Waals surface area (Å²) in [5, 5.41) is 11.2. The first-order valence-electron chi connectivity index (χ1n) is 8.56. The van der Waals surface area contributed by atoms with Gasteiger partial charge in [-0.05, 0) is 30.3 Å². The summed E-state index contributed by atoms with van der Waals surface area (Å²) in [5.41, 5.74) is -0.586. The van der Waals surface area contributed by atoms with E-state index in [4.69, 9.17) is 18.9 Å². The van der Waals surface area contributed by atoms with E-state index in [-0.39, 0.29) is 24.3 Å². The van der Waals surface area contributed by atoms with Crippen molar-refractivity contribution in [3.63, 3.8) is 0 Å². The molecule has 2 rings (SSSR count). The number of alkyl halides is 2. The van der Waals surface area contributed by atoms with E-state index < -0.39 is 35.5 Å². The number of carbonyl (C=O) groups excluding carboxylic acids is 1. The monoisotopic (exact) mass is 427 g/mol. The normalized spacial score (nSPS) is 10.4. The van der Waals surface area contributed by atoms with Crippen molar-refractivity contribution in [3.05, 3.63) is 52.1 Å². The van der Waals surface area contributed by atoms with Crippen LogP contribution < -0.4 is 18.9 Å². The Balaban J connectivity index is 1.95. The van der Waals surface area contributed by atoms with Gasteiger partial charge in [-0.15, -0.1) is 0 Å². The van der Waals surface area contributed by atoms with Gasteiger partial charge in [0.05, 0.1) is 43.8 Å². The highest BCUT2D eigenvalue weighted by Gasteiger charge is 2.22. The molecule has 0 heterocycles. The predicted octanol–water partition coefficient (Wildman–Crippen LogP) is 3.73. The van der Waals surface area contributed by atoms with Gasteiger partial charge in [0.2, 0.25) is 0 Å². The lowest BCUT2D eigenvalue weighted by molar-refractivity contribution is -0.386. The second kappa shape index (κ2) is 10.8. The maximum Gasteiger partial charge on any atom is 0.387 e. The molecule has 0 saturated heterocycles. The van der Waals surface area contributed by atoms with E-state index in [1.54, 1.807) is 24.3 Å². The van der Waals surface area contributed by atoms with Crippen molar-refractivity contribution in [3.8, 4) is 23.0 Å². The first-order valence-corrected chi connectivity index (χ1v) is 8.56. The molecule has 2 aromatic carbocycles. The summed E-state index contributed by atoms with van der Waals surface area (Å²) < 4.78 is 49.5. The van der Waals surface area contributed by atoms with Gasteiger partial charge in [0.1, 0.15) is 18.1 Å². The highest BCUT2D eigenvalue weighted by atomic mass is 19.3. The molecule has 9 nitrogen and oxygen atoms in total. The third kappa shape index (κ3) is 6.47. The van der Waals surface area contributed by atoms with E-state index in [9.17, 15) is 23.7 Å². The molecule has 162 valence electrons. The third-order valence-electron chi connectivity index (χ3n) is 3.80. The topological polar surface area (TPSA) is 106 Å². The van der Waals surface area contributed by atoms with Gasteiger partial charge < -0.3 is 23.7 Å². The Hall–Kier alpha value is -3.63. The molecule has 0 amide bonds. The van der Waals surface area contributed by atoms with Crippen molar-refractivity contribution in [1.82, 2.24) is 0 Å². The van der Waals surface area contributed by atoms with Crippen LogP contribution in [-0.4, -0.2) is 38.3 Å². The van der Waals surface area contributed by atoms with Crippen LogP contribution in [-0.2, 0) is 16.1 Å². The van der Waals surface area contributed by atoms with E-state index in [0.717, 1.165) is 12.1 Å². The average molecular weight is 427 g/mol. The largest absolute Gasteiger partial charge is 0.497 e. The lowest BCUT2D eigenvalue weighted by Crippen LogP contribution is -2.11. The molecular weight excluding hydrogens is 408 g/mol. The molecule has 0 atom stereocenters. The molecule has 2 aromatic rings. The van der Waals surface area contributed by atoms with E-state index >= 15 is 0 Å². The van der Waals surface area contributed by atoms with Gasteiger partial charge in [-0.2, -0.15) is 8.78 Å². The summed E-state index contributed by atoms with van der Waals surface area (Å²) in [6.45, 7) is -3.62. The second-order valence-corrected chi connectivity index (χ2v) is 5.70. The number of hydrogen-bond donors (Lipinski definition) is 0. The van der Waals surface area contributed by atoms with Crippen LogP contribution in [0.4, 0.5) is 14.5 Å². The average Bonchev–Trinajstić information content (AvgIpc) is 2.72. The number of benzene rings is 2. The van der Waals surface area contributed by atoms with Gasteiger partial charge in [-0.25, -0.2) is 0 Å². The van der Waals surface area contributed by atoms with E-state index in [1.807, 2.05) is 0 Å². The number of nitro benzene ring substituents is 1. The molecule has 0 aliphatic rings. The molecule has 0 N–H and O–H groups in total. The lowest BCUT2D eigenvalue weighted by atomic mass is 10.1. The fourth-order valence-electron chi connectivity index (χ4n) is 2.38. The Labute approximate surface area is 170 Å². The smallest absolute Gasteiger partial charge is 0.387 e. The summed E-state index contributed by atoms with van der Waals surface area (Å²) in [4.78, 5) is 22.3. The van der Waals surface area contributed by atoms with Crippen molar-refractivity contribution in [2.45, 2.75) is 19.6 Å². The van der Waals surface area contributed by atoms with Crippen LogP contribution in [0, 0.1) is 10.1 Å². The highest BCUT2D eigenvalue weighted by molar-refractivity contribution is 5.69. The van der Waals surface area contributed by atoms with Crippen LogP contribution in [0.5, 0.6) is 23.0 Å². The standard InChI is InChI=1S/C19H19F2NO8/c1-26-13-3-5-14(6-4-13)28-8-7-18(23)29-11-12-9-16(27-2)17(30-19(20)21)10-15(12)22(24)25/h3-6,9-10,19H,7-8,11H2,1-2H3. The first kappa shape index (κ1) is 22.7. The lowest BCUT2D eigenvalue weighted by Gasteiger charge is -2.12. The molecule has 0 fully saturated rings. The fourth-order valence-corrected chi connectivity index (χ4v) is 2.38. The van der Waals surface area contributed by atoms with Crippen LogP contribution in [0.1, 0.15) is 12.0 Å². The molecule has 0 aliphatic heterocycles. The highest BCUT2D eigenvalue weighted by Crippen LogP contribution is 2.36. The van der Waals surface area contributed by atoms with Gasteiger partial charge in [0, 0.05) is 0 Å². The summed E-state index contributed by atoms with van der Waals surface area (Å²) in [6, 6.07) is 8.63. The molecule has 0 aromatic heterocycles. The zero-order valence-corrected chi connectivity index (χ0v) is 16.1. The van der Waals surface area contributed by atoms with Crippen molar-refractivity contribution >= 4 is 11.7 Å². The summed E-state index contributed by atoms with van der Waals surface area (Å²) in [6.07, 6.45) is -0.108. The maximum absolute atomic E-state index is 12.5. The minimum absolute atomic E-state index is 0.0255. The zero-order chi connectivity index (χ0) is 22.1. The van der Waals surface area contributed by atoms with Crippen LogP contribution in [0.2, 0.25) is 0 Å². The quantitative estimate of drug-likeness (QED) is 0.303. The molecule has 0 aliphatic carbocycles. The van der Waals surface area contributed by atoms with E-state index in [2.05, 4.69) is 4.74 Å². The molecule has 0 unspecified atom stereocenters. The summed E-state index contributed by atoms with van der Waals surface area (Å²) >= 11 is 0. The molecule has 30 heavy (non-hydrogen) atoms. The molecule has 0 saturated carbocycles. The molecule has 0 radical (unpaired) electrons. The van der Waals surface area contributed by atoms with Crippen molar-refractivity contribution in [1.29, 1.82) is 0 Å². The number of esters is 1. The Morgan fingerprint density at radius 3 is 2.30 bits per heavy atom. The van der Waals surface area contributed by atoms with Crippen molar-refractivity contribution in [2.24, 2.45) is 0 Å². The number of hydrogen-bond acceptors (Lipinski definition) is 8. The third-order valence-corrected chi connectivity index (χ3v) is 3.80. The van der Waals surface area contributed by atoms with Crippen LogP contribution in [0.3, 0.4) is 0 Å². The molecular formula is C19H19F2NO8.